The second-order valence-corrected chi connectivity index (χ2v) is 5.64. The number of nitrogens with one attached hydrogen (secondary N) is 3. The summed E-state index contributed by atoms with van der Waals surface area (Å²) in [4.78, 5) is 37.2. The molecule has 0 atom stereocenters. The van der Waals surface area contributed by atoms with E-state index in [0.717, 1.165) is 0 Å². The van der Waals surface area contributed by atoms with Gasteiger partial charge >= 0.3 is 5.97 Å². The number of esters is 1. The summed E-state index contributed by atoms with van der Waals surface area (Å²) < 4.78 is 4.46. The van der Waals surface area contributed by atoms with Gasteiger partial charge in [0.1, 0.15) is 6.54 Å². The first kappa shape index (κ1) is 19.2. The van der Waals surface area contributed by atoms with E-state index in [-0.39, 0.29) is 24.0 Å². The summed E-state index contributed by atoms with van der Waals surface area (Å²) in [6.07, 6.45) is 0. The molecule has 10 heteroatoms. The average Bonchev–Trinajstić information content (AvgIpc) is 2.66. The van der Waals surface area contributed by atoms with Crippen LogP contribution < -0.4 is 16.5 Å². The van der Waals surface area contributed by atoms with Gasteiger partial charge in [0.05, 0.1) is 7.11 Å². The predicted molar refractivity (Wildman–Crippen MR) is 93.3 cm³/mol. The zero-order chi connectivity index (χ0) is 19.1. The molecule has 2 amide bonds. The Hall–Kier alpha value is -3.14. The molecular weight excluding hydrogens is 340 g/mol. The maximum absolute atomic E-state index is 12.4. The Kier molecular flexibility index (Phi) is 6.50. The third-order valence-electron chi connectivity index (χ3n) is 3.89. The number of ether oxygens (including phenoxy) is 1. The van der Waals surface area contributed by atoms with Gasteiger partial charge in [-0.15, -0.1) is 0 Å². The molecule has 140 valence electrons. The number of piperazine rings is 1. The number of hydrogen-bond donors (Lipinski definition) is 4. The summed E-state index contributed by atoms with van der Waals surface area (Å²) in [7, 11) is 1.23. The molecule has 1 aliphatic heterocycles. The lowest BCUT2D eigenvalue weighted by Crippen LogP contribution is -2.55. The number of hydrogen-bond acceptors (Lipinski definition) is 6. The topological polar surface area (TPSA) is 141 Å². The van der Waals surface area contributed by atoms with Gasteiger partial charge in [0.2, 0.25) is 0 Å². The number of amides is 2. The average molecular weight is 362 g/mol. The van der Waals surface area contributed by atoms with E-state index in [2.05, 4.69) is 15.5 Å². The highest BCUT2D eigenvalue weighted by Crippen LogP contribution is 2.07. The number of rotatable bonds is 5. The van der Waals surface area contributed by atoms with Gasteiger partial charge in [-0.1, -0.05) is 6.07 Å². The molecule has 1 aromatic carbocycles. The van der Waals surface area contributed by atoms with Crippen molar-refractivity contribution in [2.75, 3.05) is 39.8 Å². The van der Waals surface area contributed by atoms with E-state index >= 15 is 0 Å². The molecule has 0 aliphatic carbocycles. The molecule has 0 saturated carbocycles. The monoisotopic (exact) mass is 362 g/mol. The minimum atomic E-state index is -0.558. The largest absolute Gasteiger partial charge is 0.468 e. The third kappa shape index (κ3) is 5.18. The number of methoxy groups -OCH3 is 1. The van der Waals surface area contributed by atoms with Crippen molar-refractivity contribution >= 4 is 23.7 Å². The van der Waals surface area contributed by atoms with E-state index < -0.39 is 11.9 Å². The van der Waals surface area contributed by atoms with Crippen molar-refractivity contribution in [3.05, 3.63) is 35.4 Å². The molecule has 0 bridgehead atoms. The van der Waals surface area contributed by atoms with Crippen LogP contribution >= 0.6 is 0 Å². The number of nitrogens with zero attached hydrogens (tertiary/aromatic N) is 2. The van der Waals surface area contributed by atoms with Crippen LogP contribution in [0.3, 0.4) is 0 Å². The lowest BCUT2D eigenvalue weighted by Gasteiger charge is -2.34. The smallest absolute Gasteiger partial charge is 0.325 e. The highest BCUT2D eigenvalue weighted by atomic mass is 16.5. The molecule has 1 heterocycles. The Balaban J connectivity index is 1.92. The molecule has 0 aromatic heterocycles. The summed E-state index contributed by atoms with van der Waals surface area (Å²) in [6, 6.07) is 6.19. The van der Waals surface area contributed by atoms with Gasteiger partial charge in [0.25, 0.3) is 11.8 Å². The molecule has 1 fully saturated rings. The van der Waals surface area contributed by atoms with Crippen molar-refractivity contribution in [2.24, 2.45) is 5.73 Å². The number of nitrogens with two attached hydrogens (primary N) is 1. The molecular formula is C16H22N6O4. The zero-order valence-electron chi connectivity index (χ0n) is 14.4. The highest BCUT2D eigenvalue weighted by Gasteiger charge is 2.20. The number of guanidine groups is 1. The number of carbonyl (C=O) groups is 3. The molecule has 1 saturated heterocycles. The van der Waals surface area contributed by atoms with Crippen LogP contribution in [-0.4, -0.2) is 73.5 Å². The molecule has 26 heavy (non-hydrogen) atoms. The van der Waals surface area contributed by atoms with Crippen molar-refractivity contribution in [1.29, 1.82) is 5.41 Å². The fourth-order valence-electron chi connectivity index (χ4n) is 2.40. The summed E-state index contributed by atoms with van der Waals surface area (Å²) in [6.45, 7) is 1.92. The fraction of sp³-hybridized carbons (Fsp3) is 0.375. The highest BCUT2D eigenvalue weighted by molar-refractivity contribution is 6.00. The van der Waals surface area contributed by atoms with Crippen molar-refractivity contribution in [2.45, 2.75) is 0 Å². The van der Waals surface area contributed by atoms with Crippen LogP contribution in [0.1, 0.15) is 20.7 Å². The summed E-state index contributed by atoms with van der Waals surface area (Å²) in [5.74, 6) is -1.36. The van der Waals surface area contributed by atoms with Gasteiger partial charge in [-0.3, -0.25) is 25.2 Å². The Bertz CT molecular complexity index is 700. The van der Waals surface area contributed by atoms with Crippen LogP contribution in [0, 0.1) is 5.41 Å². The van der Waals surface area contributed by atoms with Crippen molar-refractivity contribution in [3.8, 4) is 0 Å². The van der Waals surface area contributed by atoms with Crippen molar-refractivity contribution in [3.63, 3.8) is 0 Å². The summed E-state index contributed by atoms with van der Waals surface area (Å²) in [5, 5.41) is 11.6. The van der Waals surface area contributed by atoms with Crippen LogP contribution in [0.2, 0.25) is 0 Å². The van der Waals surface area contributed by atoms with Crippen LogP contribution in [0.25, 0.3) is 0 Å². The van der Waals surface area contributed by atoms with Crippen molar-refractivity contribution < 1.29 is 19.1 Å². The SMILES string of the molecule is COC(=O)CNC(=O)c1cccc(C(=O)NN2CCN(C(=N)N)CC2)c1. The Morgan fingerprint density at radius 1 is 1.15 bits per heavy atom. The van der Waals surface area contributed by atoms with Gasteiger partial charge in [-0.2, -0.15) is 0 Å². The molecule has 10 nitrogen and oxygen atoms in total. The van der Waals surface area contributed by atoms with Crippen molar-refractivity contribution in [1.82, 2.24) is 20.7 Å². The summed E-state index contributed by atoms with van der Waals surface area (Å²) in [5.41, 5.74) is 8.80. The number of hydrazine groups is 1. The standard InChI is InChI=1S/C16H22N6O4/c1-26-13(23)10-19-14(24)11-3-2-4-12(9-11)15(25)20-22-7-5-21(6-8-22)16(17)18/h2-4,9H,5-8,10H2,1H3,(H3,17,18)(H,19,24)(H,20,25). The fourth-order valence-corrected chi connectivity index (χ4v) is 2.40. The normalized spacial score (nSPS) is 14.4. The molecule has 2 rings (SSSR count). The van der Waals surface area contributed by atoms with Gasteiger partial charge in [0.15, 0.2) is 5.96 Å². The molecule has 0 unspecified atom stereocenters. The number of benzene rings is 1. The first-order chi connectivity index (χ1) is 12.4. The minimum Gasteiger partial charge on any atom is -0.468 e. The van der Waals surface area contributed by atoms with Gasteiger partial charge < -0.3 is 20.7 Å². The second-order valence-electron chi connectivity index (χ2n) is 5.64. The van der Waals surface area contributed by atoms with Gasteiger partial charge in [-0.25, -0.2) is 5.01 Å². The van der Waals surface area contributed by atoms with Gasteiger partial charge in [-0.05, 0) is 18.2 Å². The van der Waals surface area contributed by atoms with E-state index in [4.69, 9.17) is 11.1 Å². The van der Waals surface area contributed by atoms with Crippen LogP contribution in [0.15, 0.2) is 24.3 Å². The Morgan fingerprint density at radius 3 is 2.35 bits per heavy atom. The van der Waals surface area contributed by atoms with Crippen LogP contribution in [0.5, 0.6) is 0 Å². The Labute approximate surface area is 150 Å². The van der Waals surface area contributed by atoms with E-state index in [0.29, 0.717) is 31.7 Å². The quantitative estimate of drug-likeness (QED) is 0.291. The first-order valence-corrected chi connectivity index (χ1v) is 8.00. The minimum absolute atomic E-state index is 0.0154. The van der Waals surface area contributed by atoms with E-state index in [9.17, 15) is 14.4 Å². The molecule has 5 N–H and O–H groups in total. The second kappa shape index (κ2) is 8.81. The third-order valence-corrected chi connectivity index (χ3v) is 3.89. The van der Waals surface area contributed by atoms with Crippen LogP contribution in [0.4, 0.5) is 0 Å². The number of carbonyl (C=O) groups excluding carboxylic acids is 3. The molecule has 1 aromatic rings. The molecule has 1 aliphatic rings. The summed E-state index contributed by atoms with van der Waals surface area (Å²) >= 11 is 0. The zero-order valence-corrected chi connectivity index (χ0v) is 14.4. The molecule has 0 spiro atoms. The maximum atomic E-state index is 12.4. The lowest BCUT2D eigenvalue weighted by molar-refractivity contribution is -0.139. The first-order valence-electron chi connectivity index (χ1n) is 8.00. The van der Waals surface area contributed by atoms with E-state index in [1.165, 1.54) is 13.2 Å². The Morgan fingerprint density at radius 2 is 1.77 bits per heavy atom. The van der Waals surface area contributed by atoms with E-state index in [1.54, 1.807) is 28.1 Å². The lowest BCUT2D eigenvalue weighted by atomic mass is 10.1. The maximum Gasteiger partial charge on any atom is 0.325 e. The van der Waals surface area contributed by atoms with E-state index in [1.807, 2.05) is 0 Å². The van der Waals surface area contributed by atoms with Crippen LogP contribution in [-0.2, 0) is 9.53 Å². The molecule has 0 radical (unpaired) electrons. The predicted octanol–water partition coefficient (Wildman–Crippen LogP) is -1.25. The van der Waals surface area contributed by atoms with Gasteiger partial charge in [0, 0.05) is 37.3 Å².